The van der Waals surface area contributed by atoms with Gasteiger partial charge in [-0.25, -0.2) is 9.97 Å². The van der Waals surface area contributed by atoms with Gasteiger partial charge in [0.1, 0.15) is 12.1 Å². The Balaban J connectivity index is 1.58. The lowest BCUT2D eigenvalue weighted by Gasteiger charge is -2.12. The van der Waals surface area contributed by atoms with Crippen molar-refractivity contribution >= 4 is 5.82 Å². The maximum atomic E-state index is 5.70. The second-order valence-corrected chi connectivity index (χ2v) is 6.79. The average molecular weight is 349 g/mol. The van der Waals surface area contributed by atoms with Crippen molar-refractivity contribution in [3.05, 3.63) is 48.9 Å². The Morgan fingerprint density at radius 1 is 1.12 bits per heavy atom. The van der Waals surface area contributed by atoms with E-state index in [-0.39, 0.29) is 0 Å². The van der Waals surface area contributed by atoms with Crippen LogP contribution in [0.25, 0.3) is 22.5 Å². The van der Waals surface area contributed by atoms with Crippen molar-refractivity contribution in [1.29, 1.82) is 0 Å². The first-order valence-corrected chi connectivity index (χ1v) is 8.94. The molecule has 0 aliphatic carbocycles. The van der Waals surface area contributed by atoms with E-state index in [1.807, 2.05) is 42.0 Å². The molecule has 0 unspecified atom stereocenters. The van der Waals surface area contributed by atoms with E-state index in [9.17, 15) is 0 Å². The molecule has 26 heavy (non-hydrogen) atoms. The van der Waals surface area contributed by atoms with Crippen LogP contribution in [0.2, 0.25) is 0 Å². The fourth-order valence-electron chi connectivity index (χ4n) is 3.20. The minimum Gasteiger partial charge on any atom is -0.376 e. The SMILES string of the molecule is CN(C)c1cc(-c2cccc(-c3ccn(C[C@H]4CCCO4)n3)c2)ncn1. The quantitative estimate of drug-likeness (QED) is 0.708. The van der Waals surface area contributed by atoms with Gasteiger partial charge in [0.2, 0.25) is 0 Å². The predicted octanol–water partition coefficient (Wildman–Crippen LogP) is 3.25. The number of hydrogen-bond acceptors (Lipinski definition) is 5. The summed E-state index contributed by atoms with van der Waals surface area (Å²) in [5.41, 5.74) is 4.01. The molecule has 6 heteroatoms. The van der Waals surface area contributed by atoms with Gasteiger partial charge in [-0.15, -0.1) is 0 Å². The van der Waals surface area contributed by atoms with Crippen LogP contribution in [0, 0.1) is 0 Å². The smallest absolute Gasteiger partial charge is 0.132 e. The van der Waals surface area contributed by atoms with Crippen LogP contribution in [0.5, 0.6) is 0 Å². The van der Waals surface area contributed by atoms with Gasteiger partial charge in [-0.2, -0.15) is 5.10 Å². The highest BCUT2D eigenvalue weighted by molar-refractivity contribution is 5.70. The number of nitrogens with zero attached hydrogens (tertiary/aromatic N) is 5. The van der Waals surface area contributed by atoms with Crippen LogP contribution in [0.3, 0.4) is 0 Å². The summed E-state index contributed by atoms with van der Waals surface area (Å²) in [6.07, 6.45) is 6.19. The van der Waals surface area contributed by atoms with Crippen LogP contribution in [-0.4, -0.2) is 46.6 Å². The molecule has 3 heterocycles. The first kappa shape index (κ1) is 16.7. The van der Waals surface area contributed by atoms with E-state index >= 15 is 0 Å². The summed E-state index contributed by atoms with van der Waals surface area (Å²) >= 11 is 0. The number of ether oxygens (including phenoxy) is 1. The Morgan fingerprint density at radius 3 is 2.73 bits per heavy atom. The Bertz CT molecular complexity index is 883. The van der Waals surface area contributed by atoms with Gasteiger partial charge in [-0.05, 0) is 25.0 Å². The fourth-order valence-corrected chi connectivity index (χ4v) is 3.20. The predicted molar refractivity (Wildman–Crippen MR) is 102 cm³/mol. The Kier molecular flexibility index (Phi) is 4.67. The first-order chi connectivity index (χ1) is 12.7. The number of rotatable bonds is 5. The van der Waals surface area contributed by atoms with Gasteiger partial charge in [-0.3, -0.25) is 4.68 Å². The average Bonchev–Trinajstić information content (AvgIpc) is 3.34. The number of benzene rings is 1. The Morgan fingerprint density at radius 2 is 1.96 bits per heavy atom. The molecule has 134 valence electrons. The van der Waals surface area contributed by atoms with Crippen molar-refractivity contribution in [2.45, 2.75) is 25.5 Å². The normalized spacial score (nSPS) is 16.8. The summed E-state index contributed by atoms with van der Waals surface area (Å²) in [6.45, 7) is 1.69. The third kappa shape index (κ3) is 3.60. The maximum absolute atomic E-state index is 5.70. The van der Waals surface area contributed by atoms with Gasteiger partial charge in [0.25, 0.3) is 0 Å². The monoisotopic (exact) mass is 349 g/mol. The minimum atomic E-state index is 0.291. The molecule has 1 fully saturated rings. The zero-order chi connectivity index (χ0) is 17.9. The molecule has 1 aliphatic rings. The third-order valence-corrected chi connectivity index (χ3v) is 4.62. The van der Waals surface area contributed by atoms with Crippen LogP contribution in [-0.2, 0) is 11.3 Å². The van der Waals surface area contributed by atoms with E-state index in [1.54, 1.807) is 6.33 Å². The summed E-state index contributed by atoms with van der Waals surface area (Å²) in [6, 6.07) is 12.4. The minimum absolute atomic E-state index is 0.291. The van der Waals surface area contributed by atoms with E-state index in [0.717, 1.165) is 54.3 Å². The van der Waals surface area contributed by atoms with Gasteiger partial charge in [0.05, 0.1) is 24.0 Å². The second-order valence-electron chi connectivity index (χ2n) is 6.79. The molecule has 0 N–H and O–H groups in total. The number of hydrogen-bond donors (Lipinski definition) is 0. The molecule has 1 atom stereocenters. The molecule has 4 rings (SSSR count). The molecule has 6 nitrogen and oxygen atoms in total. The summed E-state index contributed by atoms with van der Waals surface area (Å²) < 4.78 is 7.68. The fraction of sp³-hybridized carbons (Fsp3) is 0.350. The number of anilines is 1. The van der Waals surface area contributed by atoms with Crippen molar-refractivity contribution in [3.63, 3.8) is 0 Å². The van der Waals surface area contributed by atoms with Gasteiger partial charge in [-0.1, -0.05) is 18.2 Å². The molecule has 1 aliphatic heterocycles. The van der Waals surface area contributed by atoms with Gasteiger partial charge in [0.15, 0.2) is 0 Å². The summed E-state index contributed by atoms with van der Waals surface area (Å²) in [5.74, 6) is 0.890. The van der Waals surface area contributed by atoms with E-state index in [2.05, 4.69) is 34.2 Å². The topological polar surface area (TPSA) is 56.1 Å². The molecule has 2 aromatic heterocycles. The standard InChI is InChI=1S/C20H23N5O/c1-24(2)20-12-19(21-14-22-20)16-6-3-5-15(11-16)18-8-9-25(23-18)13-17-7-4-10-26-17/h3,5-6,8-9,11-12,14,17H,4,7,10,13H2,1-2H3/t17-/m1/s1. The molecule has 0 bridgehead atoms. The van der Waals surface area contributed by atoms with Crippen molar-refractivity contribution in [2.75, 3.05) is 25.6 Å². The van der Waals surface area contributed by atoms with Gasteiger partial charge in [0, 0.05) is 44.1 Å². The van der Waals surface area contributed by atoms with Crippen molar-refractivity contribution < 1.29 is 4.74 Å². The molecule has 1 aromatic carbocycles. The van der Waals surface area contributed by atoms with Crippen LogP contribution in [0.1, 0.15) is 12.8 Å². The van der Waals surface area contributed by atoms with Crippen molar-refractivity contribution in [1.82, 2.24) is 19.7 Å². The Hall–Kier alpha value is -2.73. The summed E-state index contributed by atoms with van der Waals surface area (Å²) in [7, 11) is 3.95. The molecular weight excluding hydrogens is 326 g/mol. The lowest BCUT2D eigenvalue weighted by Crippen LogP contribution is -2.15. The third-order valence-electron chi connectivity index (χ3n) is 4.62. The lowest BCUT2D eigenvalue weighted by atomic mass is 10.1. The molecule has 1 saturated heterocycles. The lowest BCUT2D eigenvalue weighted by molar-refractivity contribution is 0.0940. The van der Waals surface area contributed by atoms with Crippen molar-refractivity contribution in [3.8, 4) is 22.5 Å². The first-order valence-electron chi connectivity index (χ1n) is 8.94. The molecule has 0 radical (unpaired) electrons. The van der Waals surface area contributed by atoms with Crippen LogP contribution in [0.4, 0.5) is 5.82 Å². The molecule has 3 aromatic rings. The molecule has 0 spiro atoms. The summed E-state index contributed by atoms with van der Waals surface area (Å²) in [4.78, 5) is 10.7. The zero-order valence-corrected chi connectivity index (χ0v) is 15.2. The molecule has 0 amide bonds. The largest absolute Gasteiger partial charge is 0.376 e. The Labute approximate surface area is 153 Å². The molecule has 0 saturated carbocycles. The highest BCUT2D eigenvalue weighted by Crippen LogP contribution is 2.25. The van der Waals surface area contributed by atoms with Crippen molar-refractivity contribution in [2.24, 2.45) is 0 Å². The summed E-state index contributed by atoms with van der Waals surface area (Å²) in [5, 5.41) is 4.72. The van der Waals surface area contributed by atoms with E-state index in [0.29, 0.717) is 6.10 Å². The maximum Gasteiger partial charge on any atom is 0.132 e. The van der Waals surface area contributed by atoms with Gasteiger partial charge < -0.3 is 9.64 Å². The molecular formula is C20H23N5O. The van der Waals surface area contributed by atoms with E-state index in [1.165, 1.54) is 0 Å². The van der Waals surface area contributed by atoms with Crippen LogP contribution < -0.4 is 4.90 Å². The van der Waals surface area contributed by atoms with Crippen LogP contribution in [0.15, 0.2) is 48.9 Å². The highest BCUT2D eigenvalue weighted by atomic mass is 16.5. The van der Waals surface area contributed by atoms with E-state index < -0.39 is 0 Å². The van der Waals surface area contributed by atoms with Crippen LogP contribution >= 0.6 is 0 Å². The number of aromatic nitrogens is 4. The van der Waals surface area contributed by atoms with Gasteiger partial charge >= 0.3 is 0 Å². The highest BCUT2D eigenvalue weighted by Gasteiger charge is 2.16. The van der Waals surface area contributed by atoms with E-state index in [4.69, 9.17) is 9.84 Å². The second kappa shape index (κ2) is 7.25. The zero-order valence-electron chi connectivity index (χ0n) is 15.2.